The first-order chi connectivity index (χ1) is 9.88. The van der Waals surface area contributed by atoms with Crippen molar-refractivity contribution in [3.05, 3.63) is 0 Å². The van der Waals surface area contributed by atoms with Crippen molar-refractivity contribution in [3.63, 3.8) is 0 Å². The van der Waals surface area contributed by atoms with E-state index in [1.54, 1.807) is 4.31 Å². The molecule has 0 radical (unpaired) electrons. The van der Waals surface area contributed by atoms with Gasteiger partial charge in [0.1, 0.15) is 0 Å². The Kier molecular flexibility index (Phi) is 5.48. The standard InChI is InChI=1S/C14H28N4O2S/c1-12-6-9-17(10-7-12)14(15)16-11-13-5-3-4-8-18(13)21(2,19)20/h12-13H,3-11H2,1-2H3,(H2,15,16). The molecule has 2 heterocycles. The molecule has 2 aliphatic heterocycles. The highest BCUT2D eigenvalue weighted by molar-refractivity contribution is 7.88. The first kappa shape index (κ1) is 16.5. The van der Waals surface area contributed by atoms with Gasteiger partial charge in [-0.3, -0.25) is 4.99 Å². The summed E-state index contributed by atoms with van der Waals surface area (Å²) >= 11 is 0. The maximum Gasteiger partial charge on any atom is 0.211 e. The van der Waals surface area contributed by atoms with Gasteiger partial charge < -0.3 is 10.6 Å². The van der Waals surface area contributed by atoms with Crippen molar-refractivity contribution in [3.8, 4) is 0 Å². The number of piperidine rings is 2. The van der Waals surface area contributed by atoms with E-state index in [0.29, 0.717) is 19.0 Å². The van der Waals surface area contributed by atoms with Crippen molar-refractivity contribution in [1.82, 2.24) is 9.21 Å². The van der Waals surface area contributed by atoms with Crippen LogP contribution in [0.25, 0.3) is 0 Å². The maximum absolute atomic E-state index is 11.8. The van der Waals surface area contributed by atoms with Gasteiger partial charge >= 0.3 is 0 Å². The number of nitrogens with zero attached hydrogens (tertiary/aromatic N) is 3. The highest BCUT2D eigenvalue weighted by Crippen LogP contribution is 2.20. The molecule has 21 heavy (non-hydrogen) atoms. The van der Waals surface area contributed by atoms with Gasteiger partial charge in [0.25, 0.3) is 0 Å². The van der Waals surface area contributed by atoms with E-state index in [1.807, 2.05) is 0 Å². The summed E-state index contributed by atoms with van der Waals surface area (Å²) in [4.78, 5) is 6.59. The van der Waals surface area contributed by atoms with Crippen LogP contribution in [0.5, 0.6) is 0 Å². The number of guanidine groups is 1. The number of nitrogens with two attached hydrogens (primary N) is 1. The Morgan fingerprint density at radius 3 is 2.48 bits per heavy atom. The predicted octanol–water partition coefficient (Wildman–Crippen LogP) is 0.847. The van der Waals surface area contributed by atoms with Gasteiger partial charge in [0.2, 0.25) is 10.0 Å². The van der Waals surface area contributed by atoms with Crippen LogP contribution >= 0.6 is 0 Å². The fraction of sp³-hybridized carbons (Fsp3) is 0.929. The van der Waals surface area contributed by atoms with Crippen molar-refractivity contribution in [2.75, 3.05) is 32.4 Å². The van der Waals surface area contributed by atoms with E-state index in [0.717, 1.165) is 51.1 Å². The number of sulfonamides is 1. The van der Waals surface area contributed by atoms with Crippen LogP contribution in [0.3, 0.4) is 0 Å². The van der Waals surface area contributed by atoms with Crippen molar-refractivity contribution >= 4 is 16.0 Å². The van der Waals surface area contributed by atoms with Crippen LogP contribution < -0.4 is 5.73 Å². The zero-order valence-corrected chi connectivity index (χ0v) is 14.0. The molecule has 0 amide bonds. The molecule has 6 nitrogen and oxygen atoms in total. The van der Waals surface area contributed by atoms with Crippen LogP contribution in [-0.4, -0.2) is 62.1 Å². The second-order valence-electron chi connectivity index (χ2n) is 6.39. The lowest BCUT2D eigenvalue weighted by molar-refractivity contribution is 0.255. The first-order valence-corrected chi connectivity index (χ1v) is 9.74. The summed E-state index contributed by atoms with van der Waals surface area (Å²) < 4.78 is 25.2. The summed E-state index contributed by atoms with van der Waals surface area (Å²) in [6, 6.07) is -0.0315. The third kappa shape index (κ3) is 4.57. The molecule has 2 N–H and O–H groups in total. The molecule has 0 aromatic rings. The zero-order valence-electron chi connectivity index (χ0n) is 13.2. The molecule has 7 heteroatoms. The summed E-state index contributed by atoms with van der Waals surface area (Å²) in [6.45, 7) is 5.26. The SMILES string of the molecule is CC1CCN(C(N)=NCC2CCCCN2S(C)(=O)=O)CC1. The fourth-order valence-corrected chi connectivity index (χ4v) is 4.30. The zero-order chi connectivity index (χ0) is 15.5. The van der Waals surface area contributed by atoms with Crippen LogP contribution in [0.15, 0.2) is 4.99 Å². The molecular formula is C14H28N4O2S. The van der Waals surface area contributed by atoms with Crippen LogP contribution in [0.1, 0.15) is 39.0 Å². The van der Waals surface area contributed by atoms with E-state index in [9.17, 15) is 8.42 Å². The molecule has 2 saturated heterocycles. The van der Waals surface area contributed by atoms with Gasteiger partial charge in [0.15, 0.2) is 5.96 Å². The van der Waals surface area contributed by atoms with Gasteiger partial charge in [-0.2, -0.15) is 4.31 Å². The number of likely N-dealkylation sites (tertiary alicyclic amines) is 1. The Labute approximate surface area is 128 Å². The normalized spacial score (nSPS) is 27.0. The van der Waals surface area contributed by atoms with E-state index in [4.69, 9.17) is 5.73 Å². The quantitative estimate of drug-likeness (QED) is 0.618. The van der Waals surface area contributed by atoms with Gasteiger partial charge in [-0.1, -0.05) is 13.3 Å². The predicted molar refractivity (Wildman–Crippen MR) is 85.6 cm³/mol. The van der Waals surface area contributed by atoms with Crippen LogP contribution in [0.2, 0.25) is 0 Å². The van der Waals surface area contributed by atoms with Crippen molar-refractivity contribution in [2.24, 2.45) is 16.6 Å². The minimum absolute atomic E-state index is 0.0315. The van der Waals surface area contributed by atoms with E-state index in [1.165, 1.54) is 6.26 Å². The number of aliphatic imine (C=N–C) groups is 1. The van der Waals surface area contributed by atoms with E-state index >= 15 is 0 Å². The second-order valence-corrected chi connectivity index (χ2v) is 8.33. The molecule has 0 aliphatic carbocycles. The third-order valence-corrected chi connectivity index (χ3v) is 5.90. The molecule has 2 fully saturated rings. The lowest BCUT2D eigenvalue weighted by atomic mass is 10.00. The van der Waals surface area contributed by atoms with Gasteiger partial charge in [0.05, 0.1) is 12.8 Å². The van der Waals surface area contributed by atoms with Gasteiger partial charge in [0, 0.05) is 25.7 Å². The third-order valence-electron chi connectivity index (χ3n) is 4.57. The number of hydrogen-bond donors (Lipinski definition) is 1. The summed E-state index contributed by atoms with van der Waals surface area (Å²) in [6.07, 6.45) is 6.45. The summed E-state index contributed by atoms with van der Waals surface area (Å²) in [5.74, 6) is 1.33. The average molecular weight is 316 g/mol. The van der Waals surface area contributed by atoms with Gasteiger partial charge in [-0.15, -0.1) is 0 Å². The molecule has 0 aromatic heterocycles. The van der Waals surface area contributed by atoms with Gasteiger partial charge in [-0.25, -0.2) is 8.42 Å². The lowest BCUT2D eigenvalue weighted by Gasteiger charge is -2.34. The Bertz CT molecular complexity index is 469. The smallest absolute Gasteiger partial charge is 0.211 e. The molecule has 0 aromatic carbocycles. The maximum atomic E-state index is 11.8. The molecule has 1 atom stereocenters. The average Bonchev–Trinajstić information content (AvgIpc) is 2.45. The summed E-state index contributed by atoms with van der Waals surface area (Å²) in [7, 11) is -3.15. The molecule has 0 saturated carbocycles. The Hall–Kier alpha value is -0.820. The number of hydrogen-bond acceptors (Lipinski definition) is 3. The van der Waals surface area contributed by atoms with Crippen molar-refractivity contribution < 1.29 is 8.42 Å². The molecule has 2 aliphatic rings. The van der Waals surface area contributed by atoms with Crippen LogP contribution in [0, 0.1) is 5.92 Å². The summed E-state index contributed by atoms with van der Waals surface area (Å²) in [5, 5.41) is 0. The Morgan fingerprint density at radius 2 is 1.86 bits per heavy atom. The minimum atomic E-state index is -3.15. The van der Waals surface area contributed by atoms with Crippen molar-refractivity contribution in [2.45, 2.75) is 45.1 Å². The first-order valence-electron chi connectivity index (χ1n) is 7.89. The summed E-state index contributed by atoms with van der Waals surface area (Å²) in [5.41, 5.74) is 6.07. The van der Waals surface area contributed by atoms with Crippen LogP contribution in [0.4, 0.5) is 0 Å². The molecule has 0 spiro atoms. The monoisotopic (exact) mass is 316 g/mol. The minimum Gasteiger partial charge on any atom is -0.370 e. The lowest BCUT2D eigenvalue weighted by Crippen LogP contribution is -2.46. The van der Waals surface area contributed by atoms with Crippen LogP contribution in [-0.2, 0) is 10.0 Å². The van der Waals surface area contributed by atoms with E-state index in [2.05, 4.69) is 16.8 Å². The van der Waals surface area contributed by atoms with E-state index in [-0.39, 0.29) is 6.04 Å². The molecular weight excluding hydrogens is 288 g/mol. The Morgan fingerprint density at radius 1 is 1.19 bits per heavy atom. The van der Waals surface area contributed by atoms with Crippen molar-refractivity contribution in [1.29, 1.82) is 0 Å². The number of rotatable bonds is 3. The molecule has 2 rings (SSSR count). The fourth-order valence-electron chi connectivity index (χ4n) is 3.13. The second kappa shape index (κ2) is 6.96. The largest absolute Gasteiger partial charge is 0.370 e. The van der Waals surface area contributed by atoms with E-state index < -0.39 is 10.0 Å². The molecule has 1 unspecified atom stereocenters. The van der Waals surface area contributed by atoms with Gasteiger partial charge in [-0.05, 0) is 31.6 Å². The highest BCUT2D eigenvalue weighted by Gasteiger charge is 2.29. The molecule has 122 valence electrons. The Balaban J connectivity index is 1.94. The highest BCUT2D eigenvalue weighted by atomic mass is 32.2. The molecule has 0 bridgehead atoms. The topological polar surface area (TPSA) is 79.0 Å².